The summed E-state index contributed by atoms with van der Waals surface area (Å²) in [7, 11) is 0. The molecule has 0 saturated heterocycles. The van der Waals surface area contributed by atoms with Crippen LogP contribution in [0.15, 0.2) is 29.0 Å². The van der Waals surface area contributed by atoms with Crippen LogP contribution in [-0.2, 0) is 0 Å². The fourth-order valence-electron chi connectivity index (χ4n) is 2.38. The predicted octanol–water partition coefficient (Wildman–Crippen LogP) is 2.37. The molecule has 2 atom stereocenters. The summed E-state index contributed by atoms with van der Waals surface area (Å²) in [6, 6.07) is 4.46. The van der Waals surface area contributed by atoms with Gasteiger partial charge in [0.05, 0.1) is 11.6 Å². The normalized spacial score (nSPS) is 26.8. The molecule has 2 heterocycles. The van der Waals surface area contributed by atoms with E-state index in [1.54, 1.807) is 12.5 Å². The number of fused-ring (bicyclic) bond motifs is 1. The first-order chi connectivity index (χ1) is 8.09. The number of nitrogens with two attached hydrogens (primary N) is 1. The van der Waals surface area contributed by atoms with Gasteiger partial charge in [-0.05, 0) is 18.6 Å². The van der Waals surface area contributed by atoms with Crippen molar-refractivity contribution < 1.29 is 4.42 Å². The molecule has 1 aliphatic carbocycles. The molecule has 3 rings (SSSR count). The van der Waals surface area contributed by atoms with Crippen LogP contribution in [0.5, 0.6) is 0 Å². The van der Waals surface area contributed by atoms with E-state index in [-0.39, 0.29) is 11.5 Å². The maximum Gasteiger partial charge on any atom is 0.139 e. The first-order valence-corrected chi connectivity index (χ1v) is 5.93. The van der Waals surface area contributed by atoms with Crippen LogP contribution in [0.4, 0.5) is 5.82 Å². The molecular formula is C13H17N3O. The summed E-state index contributed by atoms with van der Waals surface area (Å²) in [5, 5.41) is 4.51. The van der Waals surface area contributed by atoms with Gasteiger partial charge in [-0.25, -0.2) is 4.98 Å². The van der Waals surface area contributed by atoms with E-state index < -0.39 is 0 Å². The van der Waals surface area contributed by atoms with E-state index in [9.17, 15) is 0 Å². The van der Waals surface area contributed by atoms with Crippen molar-refractivity contribution in [3.8, 4) is 0 Å². The van der Waals surface area contributed by atoms with E-state index in [1.165, 1.54) is 0 Å². The molecule has 2 aromatic heterocycles. The summed E-state index contributed by atoms with van der Waals surface area (Å²) in [6.45, 7) is 4.38. The minimum atomic E-state index is 0.119. The fourth-order valence-corrected chi connectivity index (χ4v) is 2.38. The maximum absolute atomic E-state index is 6.01. The average molecular weight is 231 g/mol. The Kier molecular flexibility index (Phi) is 2.16. The highest BCUT2D eigenvalue weighted by Crippen LogP contribution is 2.41. The van der Waals surface area contributed by atoms with Crippen molar-refractivity contribution in [1.82, 2.24) is 4.98 Å². The number of nitrogens with one attached hydrogen (secondary N) is 1. The molecule has 1 fully saturated rings. The minimum absolute atomic E-state index is 0.119. The molecule has 4 nitrogen and oxygen atoms in total. The van der Waals surface area contributed by atoms with Crippen molar-refractivity contribution in [2.45, 2.75) is 32.4 Å². The first-order valence-electron chi connectivity index (χ1n) is 5.93. The van der Waals surface area contributed by atoms with Gasteiger partial charge < -0.3 is 15.5 Å². The number of anilines is 1. The zero-order valence-corrected chi connectivity index (χ0v) is 10.1. The number of furan rings is 1. The van der Waals surface area contributed by atoms with E-state index in [0.29, 0.717) is 6.04 Å². The zero-order chi connectivity index (χ0) is 12.0. The van der Waals surface area contributed by atoms with Crippen molar-refractivity contribution in [2.24, 2.45) is 11.1 Å². The average Bonchev–Trinajstić information content (AvgIpc) is 2.77. The molecule has 3 N–H and O–H groups in total. The van der Waals surface area contributed by atoms with Crippen molar-refractivity contribution in [2.75, 3.05) is 5.32 Å². The molecule has 2 unspecified atom stereocenters. The molecule has 17 heavy (non-hydrogen) atoms. The summed E-state index contributed by atoms with van der Waals surface area (Å²) in [5.41, 5.74) is 7.00. The highest BCUT2D eigenvalue weighted by molar-refractivity contribution is 5.88. The number of nitrogens with zero attached hydrogens (tertiary/aromatic N) is 1. The molecular weight excluding hydrogens is 214 g/mol. The van der Waals surface area contributed by atoms with Gasteiger partial charge in [0.1, 0.15) is 11.4 Å². The van der Waals surface area contributed by atoms with Gasteiger partial charge in [0.2, 0.25) is 0 Å². The number of hydrogen-bond acceptors (Lipinski definition) is 4. The third kappa shape index (κ3) is 1.52. The lowest BCUT2D eigenvalue weighted by Gasteiger charge is -2.50. The summed E-state index contributed by atoms with van der Waals surface area (Å²) in [4.78, 5) is 4.38. The monoisotopic (exact) mass is 231 g/mol. The molecule has 90 valence electrons. The summed E-state index contributed by atoms with van der Waals surface area (Å²) in [6.07, 6.45) is 4.44. The van der Waals surface area contributed by atoms with Gasteiger partial charge in [-0.15, -0.1) is 0 Å². The minimum Gasteiger partial charge on any atom is -0.464 e. The van der Waals surface area contributed by atoms with Crippen LogP contribution in [0.1, 0.15) is 20.3 Å². The number of aromatic nitrogens is 1. The SMILES string of the molecule is CC1(C)C(N)CC1Nc1nccc2occc12. The lowest BCUT2D eigenvalue weighted by molar-refractivity contribution is 0.117. The molecule has 1 aliphatic rings. The van der Waals surface area contributed by atoms with Crippen LogP contribution in [-0.4, -0.2) is 17.1 Å². The van der Waals surface area contributed by atoms with Gasteiger partial charge >= 0.3 is 0 Å². The Morgan fingerprint density at radius 2 is 2.29 bits per heavy atom. The molecule has 0 radical (unpaired) electrons. The van der Waals surface area contributed by atoms with Crippen LogP contribution >= 0.6 is 0 Å². The fraction of sp³-hybridized carbons (Fsp3) is 0.462. The second-order valence-corrected chi connectivity index (χ2v) is 5.35. The standard InChI is InChI=1S/C13H17N3O/c1-13(2)10(14)7-11(13)16-12-8-4-6-17-9(8)3-5-15-12/h3-6,10-11H,7,14H2,1-2H3,(H,15,16). The smallest absolute Gasteiger partial charge is 0.139 e. The third-order valence-corrected chi connectivity index (χ3v) is 4.03. The Labute approximate surface area is 100 Å². The van der Waals surface area contributed by atoms with Gasteiger partial charge in [0, 0.05) is 23.7 Å². The van der Waals surface area contributed by atoms with Crippen molar-refractivity contribution in [1.29, 1.82) is 0 Å². The van der Waals surface area contributed by atoms with Gasteiger partial charge in [0.25, 0.3) is 0 Å². The van der Waals surface area contributed by atoms with Gasteiger partial charge in [-0.3, -0.25) is 0 Å². The Morgan fingerprint density at radius 1 is 1.47 bits per heavy atom. The second kappa shape index (κ2) is 3.47. The Hall–Kier alpha value is -1.55. The van der Waals surface area contributed by atoms with E-state index in [2.05, 4.69) is 24.1 Å². The molecule has 0 aliphatic heterocycles. The molecule has 0 spiro atoms. The molecule has 4 heteroatoms. The lowest BCUT2D eigenvalue weighted by Crippen LogP contribution is -2.61. The highest BCUT2D eigenvalue weighted by Gasteiger charge is 2.46. The van der Waals surface area contributed by atoms with E-state index in [4.69, 9.17) is 10.2 Å². The van der Waals surface area contributed by atoms with Crippen LogP contribution < -0.4 is 11.1 Å². The van der Waals surface area contributed by atoms with Crippen LogP contribution in [0.3, 0.4) is 0 Å². The quantitative estimate of drug-likeness (QED) is 0.832. The van der Waals surface area contributed by atoms with Crippen LogP contribution in [0.25, 0.3) is 11.0 Å². The molecule has 0 aromatic carbocycles. The maximum atomic E-state index is 6.01. The summed E-state index contributed by atoms with van der Waals surface area (Å²) in [5.74, 6) is 0.890. The second-order valence-electron chi connectivity index (χ2n) is 5.35. The molecule has 1 saturated carbocycles. The molecule has 0 amide bonds. The highest BCUT2D eigenvalue weighted by atomic mass is 16.3. The van der Waals surface area contributed by atoms with E-state index in [1.807, 2.05) is 12.1 Å². The van der Waals surface area contributed by atoms with Crippen molar-refractivity contribution in [3.05, 3.63) is 24.6 Å². The largest absolute Gasteiger partial charge is 0.464 e. The van der Waals surface area contributed by atoms with E-state index in [0.717, 1.165) is 23.2 Å². The topological polar surface area (TPSA) is 64.1 Å². The lowest BCUT2D eigenvalue weighted by atomic mass is 9.63. The third-order valence-electron chi connectivity index (χ3n) is 4.03. The first kappa shape index (κ1) is 10.6. The number of rotatable bonds is 2. The Bertz CT molecular complexity index is 546. The zero-order valence-electron chi connectivity index (χ0n) is 10.1. The van der Waals surface area contributed by atoms with Gasteiger partial charge in [-0.2, -0.15) is 0 Å². The Morgan fingerprint density at radius 3 is 3.00 bits per heavy atom. The van der Waals surface area contributed by atoms with Gasteiger partial charge in [0.15, 0.2) is 0 Å². The number of hydrogen-bond donors (Lipinski definition) is 2. The van der Waals surface area contributed by atoms with Gasteiger partial charge in [-0.1, -0.05) is 13.8 Å². The van der Waals surface area contributed by atoms with Crippen LogP contribution in [0, 0.1) is 5.41 Å². The predicted molar refractivity (Wildman–Crippen MR) is 67.8 cm³/mol. The summed E-state index contributed by atoms with van der Waals surface area (Å²) < 4.78 is 5.36. The number of pyridine rings is 1. The Balaban J connectivity index is 1.89. The molecule has 0 bridgehead atoms. The summed E-state index contributed by atoms with van der Waals surface area (Å²) >= 11 is 0. The van der Waals surface area contributed by atoms with E-state index >= 15 is 0 Å². The molecule has 2 aromatic rings. The van der Waals surface area contributed by atoms with Crippen molar-refractivity contribution in [3.63, 3.8) is 0 Å². The van der Waals surface area contributed by atoms with Crippen molar-refractivity contribution >= 4 is 16.8 Å². The van der Waals surface area contributed by atoms with Crippen LogP contribution in [0.2, 0.25) is 0 Å².